The molecule has 0 aliphatic carbocycles. The van der Waals surface area contributed by atoms with E-state index in [1.54, 1.807) is 6.07 Å². The van der Waals surface area contributed by atoms with Crippen LogP contribution in [0.1, 0.15) is 0 Å². The van der Waals surface area contributed by atoms with E-state index in [4.69, 9.17) is 0 Å². The molecule has 0 bridgehead atoms. The predicted molar refractivity (Wildman–Crippen MR) is 34.0 cm³/mol. The van der Waals surface area contributed by atoms with E-state index in [2.05, 4.69) is 0 Å². The minimum Gasteiger partial charge on any atom is -0.806 e. The van der Waals surface area contributed by atoms with Gasteiger partial charge in [0.15, 0.2) is 0 Å². The molecule has 0 amide bonds. The maximum atomic E-state index is 12.0. The topological polar surface area (TPSA) is 23.1 Å². The normalized spacial score (nSPS) is 11.5. The first kappa shape index (κ1) is 7.36. The smallest absolute Gasteiger partial charge is 0.378 e. The van der Waals surface area contributed by atoms with Crippen molar-refractivity contribution in [3.63, 3.8) is 0 Å². The SMILES string of the molecule is [O-][Si](F)(F)c1ccccc1. The van der Waals surface area contributed by atoms with Gasteiger partial charge in [0.05, 0.1) is 0 Å². The lowest BCUT2D eigenvalue weighted by atomic mass is 10.4. The molecule has 0 N–H and O–H groups in total. The summed E-state index contributed by atoms with van der Waals surface area (Å²) in [5.41, 5.74) is 0. The van der Waals surface area contributed by atoms with Gasteiger partial charge in [0, 0.05) is 0 Å². The molecule has 0 atom stereocenters. The van der Waals surface area contributed by atoms with Crippen LogP contribution in [-0.4, -0.2) is 8.99 Å². The van der Waals surface area contributed by atoms with E-state index in [1.807, 2.05) is 0 Å². The van der Waals surface area contributed by atoms with Crippen LogP contribution < -0.4 is 9.98 Å². The van der Waals surface area contributed by atoms with E-state index >= 15 is 0 Å². The molecule has 0 spiro atoms. The predicted octanol–water partition coefficient (Wildman–Crippen LogP) is 0.132. The summed E-state index contributed by atoms with van der Waals surface area (Å²) in [4.78, 5) is 10.1. The van der Waals surface area contributed by atoms with Crippen LogP contribution >= 0.6 is 0 Å². The molecular formula is C6H5F2OSi-. The van der Waals surface area contributed by atoms with Crippen LogP contribution in [0.15, 0.2) is 30.3 Å². The van der Waals surface area contributed by atoms with Gasteiger partial charge in [-0.2, -0.15) is 0 Å². The van der Waals surface area contributed by atoms with Gasteiger partial charge in [0.2, 0.25) is 0 Å². The fraction of sp³-hybridized carbons (Fsp3) is 0. The maximum Gasteiger partial charge on any atom is 0.378 e. The van der Waals surface area contributed by atoms with Gasteiger partial charge in [-0.25, -0.2) is 0 Å². The molecule has 1 aromatic carbocycles. The summed E-state index contributed by atoms with van der Waals surface area (Å²) in [6, 6.07) is 6.81. The van der Waals surface area contributed by atoms with Crippen LogP contribution in [0.25, 0.3) is 0 Å². The van der Waals surface area contributed by atoms with Crippen LogP contribution in [0, 0.1) is 0 Å². The lowest BCUT2D eigenvalue weighted by Gasteiger charge is -2.16. The summed E-state index contributed by atoms with van der Waals surface area (Å²) in [5.74, 6) is 0. The largest absolute Gasteiger partial charge is 0.806 e. The molecule has 1 aromatic rings. The second kappa shape index (κ2) is 2.47. The molecule has 0 saturated heterocycles. The van der Waals surface area contributed by atoms with Crippen molar-refractivity contribution >= 4 is 14.2 Å². The zero-order valence-electron chi connectivity index (χ0n) is 5.05. The summed E-state index contributed by atoms with van der Waals surface area (Å²) in [7, 11) is -5.28. The number of hydrogen-bond acceptors (Lipinski definition) is 1. The third-order valence-electron chi connectivity index (χ3n) is 1.11. The first-order chi connectivity index (χ1) is 4.61. The number of rotatable bonds is 1. The lowest BCUT2D eigenvalue weighted by Crippen LogP contribution is -2.52. The molecule has 1 nitrogen and oxygen atoms in total. The highest BCUT2D eigenvalue weighted by Crippen LogP contribution is 1.97. The van der Waals surface area contributed by atoms with Gasteiger partial charge in [-0.05, 0) is 5.19 Å². The minimum absolute atomic E-state index is 0.352. The van der Waals surface area contributed by atoms with Gasteiger partial charge in [-0.3, -0.25) is 8.22 Å². The first-order valence-corrected chi connectivity index (χ1v) is 4.41. The van der Waals surface area contributed by atoms with Crippen molar-refractivity contribution in [1.29, 1.82) is 0 Å². The van der Waals surface area contributed by atoms with Crippen LogP contribution in [0.3, 0.4) is 0 Å². The highest BCUT2D eigenvalue weighted by atomic mass is 28.4. The maximum absolute atomic E-state index is 12.0. The molecule has 0 radical (unpaired) electrons. The second-order valence-corrected chi connectivity index (χ2v) is 3.49. The fourth-order valence-electron chi connectivity index (χ4n) is 0.632. The van der Waals surface area contributed by atoms with Crippen molar-refractivity contribution in [3.05, 3.63) is 30.3 Å². The summed E-state index contributed by atoms with van der Waals surface area (Å²) in [6.45, 7) is 0. The number of hydrogen-bond donors (Lipinski definition) is 0. The van der Waals surface area contributed by atoms with Crippen molar-refractivity contribution in [2.75, 3.05) is 0 Å². The first-order valence-electron chi connectivity index (χ1n) is 2.74. The molecule has 0 unspecified atom stereocenters. The van der Waals surface area contributed by atoms with Crippen LogP contribution in [0.2, 0.25) is 0 Å². The van der Waals surface area contributed by atoms with E-state index < -0.39 is 8.99 Å². The number of halogens is 2. The van der Waals surface area contributed by atoms with E-state index in [9.17, 15) is 13.0 Å². The summed E-state index contributed by atoms with van der Waals surface area (Å²) in [6.07, 6.45) is 0. The van der Waals surface area contributed by atoms with Crippen LogP contribution in [0.5, 0.6) is 0 Å². The van der Waals surface area contributed by atoms with E-state index in [1.165, 1.54) is 24.3 Å². The van der Waals surface area contributed by atoms with Crippen molar-refractivity contribution in [2.45, 2.75) is 0 Å². The fourth-order valence-corrected chi connectivity index (χ4v) is 1.21. The van der Waals surface area contributed by atoms with E-state index in [-0.39, 0.29) is 5.19 Å². The van der Waals surface area contributed by atoms with Crippen molar-refractivity contribution in [2.24, 2.45) is 0 Å². The Balaban J connectivity index is 2.97. The molecule has 0 aliphatic rings. The van der Waals surface area contributed by atoms with Crippen molar-refractivity contribution in [3.8, 4) is 0 Å². The minimum atomic E-state index is -5.28. The molecule has 10 heavy (non-hydrogen) atoms. The third-order valence-corrected chi connectivity index (χ3v) is 2.12. The molecule has 0 saturated carbocycles. The molecule has 54 valence electrons. The second-order valence-electron chi connectivity index (χ2n) is 1.88. The van der Waals surface area contributed by atoms with E-state index in [0.717, 1.165) is 0 Å². The third kappa shape index (κ3) is 1.62. The Morgan fingerprint density at radius 2 is 1.60 bits per heavy atom. The Kier molecular flexibility index (Phi) is 1.82. The van der Waals surface area contributed by atoms with Gasteiger partial charge >= 0.3 is 8.99 Å². The Hall–Kier alpha value is -0.743. The Morgan fingerprint density at radius 3 is 1.90 bits per heavy atom. The number of benzene rings is 1. The van der Waals surface area contributed by atoms with Crippen molar-refractivity contribution < 1.29 is 13.0 Å². The van der Waals surface area contributed by atoms with Gasteiger partial charge in [0.1, 0.15) is 0 Å². The average Bonchev–Trinajstić information content (AvgIpc) is 1.88. The standard InChI is InChI=1S/C6H5F2OSi/c7-10(8,9)6-4-2-1-3-5-6/h1-5H/q-1. The van der Waals surface area contributed by atoms with Gasteiger partial charge in [-0.15, -0.1) is 0 Å². The molecule has 0 fully saturated rings. The highest BCUT2D eigenvalue weighted by molar-refractivity contribution is 6.71. The highest BCUT2D eigenvalue weighted by Gasteiger charge is 2.20. The van der Waals surface area contributed by atoms with Gasteiger partial charge in [-0.1, -0.05) is 30.3 Å². The van der Waals surface area contributed by atoms with E-state index in [0.29, 0.717) is 0 Å². The summed E-state index contributed by atoms with van der Waals surface area (Å²) < 4.78 is 24.1. The monoisotopic (exact) mass is 159 g/mol. The molecule has 4 heteroatoms. The molecule has 0 aromatic heterocycles. The van der Waals surface area contributed by atoms with Gasteiger partial charge < -0.3 is 4.80 Å². The summed E-state index contributed by atoms with van der Waals surface area (Å²) in [5, 5.41) is -0.352. The summed E-state index contributed by atoms with van der Waals surface area (Å²) >= 11 is 0. The van der Waals surface area contributed by atoms with Crippen molar-refractivity contribution in [1.82, 2.24) is 0 Å². The Morgan fingerprint density at radius 1 is 1.10 bits per heavy atom. The zero-order valence-corrected chi connectivity index (χ0v) is 6.05. The Bertz CT molecular complexity index is 207. The lowest BCUT2D eigenvalue weighted by molar-refractivity contribution is -0.235. The quantitative estimate of drug-likeness (QED) is 0.422. The van der Waals surface area contributed by atoms with Crippen LogP contribution in [-0.2, 0) is 0 Å². The molecular weight excluding hydrogens is 154 g/mol. The van der Waals surface area contributed by atoms with Crippen LogP contribution in [0.4, 0.5) is 8.22 Å². The van der Waals surface area contributed by atoms with Gasteiger partial charge in [0.25, 0.3) is 0 Å². The zero-order chi connectivity index (χ0) is 7.61. The molecule has 1 rings (SSSR count). The molecule has 0 aliphatic heterocycles. The Labute approximate surface area is 58.4 Å². The average molecular weight is 159 g/mol. The molecule has 0 heterocycles.